The Bertz CT molecular complexity index is 95.7. The minimum absolute atomic E-state index is 0.0143. The zero-order valence-electron chi connectivity index (χ0n) is 6.22. The van der Waals surface area contributed by atoms with Gasteiger partial charge in [0, 0.05) is 26.6 Å². The van der Waals surface area contributed by atoms with Gasteiger partial charge in [-0.05, 0) is 0 Å². The highest BCUT2D eigenvalue weighted by Gasteiger charge is 1.95. The van der Waals surface area contributed by atoms with Crippen molar-refractivity contribution in [1.82, 2.24) is 5.32 Å². The molecule has 0 aliphatic carbocycles. The molecule has 0 aromatic rings. The van der Waals surface area contributed by atoms with Crippen LogP contribution >= 0.6 is 0 Å². The molecule has 4 heteroatoms. The molecule has 0 aromatic heterocycles. The third-order valence-electron chi connectivity index (χ3n) is 1.000. The van der Waals surface area contributed by atoms with Crippen LogP contribution in [0.3, 0.4) is 0 Å². The fourth-order valence-corrected chi connectivity index (χ4v) is 0.512. The van der Waals surface area contributed by atoms with Gasteiger partial charge in [-0.25, -0.2) is 0 Å². The maximum Gasteiger partial charge on any atom is 0.221 e. The van der Waals surface area contributed by atoms with Crippen LogP contribution < -0.4 is 11.1 Å². The summed E-state index contributed by atoms with van der Waals surface area (Å²) in [5.41, 5.74) is 5.14. The molecule has 0 saturated carbocycles. The molecule has 0 aliphatic heterocycles. The minimum atomic E-state index is -0.0143. The second kappa shape index (κ2) is 6.51. The van der Waals surface area contributed by atoms with Crippen LogP contribution in [-0.4, -0.2) is 32.7 Å². The predicted octanol–water partition coefficient (Wildman–Crippen LogP) is -0.902. The van der Waals surface area contributed by atoms with E-state index in [9.17, 15) is 4.79 Å². The molecule has 0 atom stereocenters. The zero-order valence-corrected chi connectivity index (χ0v) is 6.22. The van der Waals surface area contributed by atoms with Crippen molar-refractivity contribution < 1.29 is 9.53 Å². The number of carbonyl (C=O) groups excluding carboxylic acids is 1. The van der Waals surface area contributed by atoms with E-state index >= 15 is 0 Å². The topological polar surface area (TPSA) is 64.3 Å². The largest absolute Gasteiger partial charge is 0.383 e. The van der Waals surface area contributed by atoms with Crippen molar-refractivity contribution in [3.05, 3.63) is 0 Å². The van der Waals surface area contributed by atoms with E-state index in [0.717, 1.165) is 0 Å². The standard InChI is InChI=1S/C6H14N2O2/c1-10-5-4-8-6(9)2-3-7/h2-5,7H2,1H3,(H,8,9). The normalized spacial score (nSPS) is 9.40. The Kier molecular flexibility index (Phi) is 6.11. The molecular weight excluding hydrogens is 132 g/mol. The highest BCUT2D eigenvalue weighted by Crippen LogP contribution is 1.73. The minimum Gasteiger partial charge on any atom is -0.383 e. The number of amides is 1. The molecule has 0 aliphatic rings. The van der Waals surface area contributed by atoms with Crippen molar-refractivity contribution in [2.45, 2.75) is 6.42 Å². The molecule has 4 nitrogen and oxygen atoms in total. The van der Waals surface area contributed by atoms with Crippen LogP contribution in [0.2, 0.25) is 0 Å². The number of nitrogens with two attached hydrogens (primary N) is 1. The predicted molar refractivity (Wildman–Crippen MR) is 38.6 cm³/mol. The Labute approximate surface area is 60.7 Å². The Balaban J connectivity index is 3.05. The first kappa shape index (κ1) is 9.39. The summed E-state index contributed by atoms with van der Waals surface area (Å²) in [5.74, 6) is -0.0143. The summed E-state index contributed by atoms with van der Waals surface area (Å²) in [5, 5.41) is 2.64. The number of hydrogen-bond donors (Lipinski definition) is 2. The van der Waals surface area contributed by atoms with Gasteiger partial charge >= 0.3 is 0 Å². The highest BCUT2D eigenvalue weighted by atomic mass is 16.5. The van der Waals surface area contributed by atoms with Gasteiger partial charge in [0.05, 0.1) is 6.61 Å². The van der Waals surface area contributed by atoms with Crippen molar-refractivity contribution in [3.63, 3.8) is 0 Å². The van der Waals surface area contributed by atoms with Gasteiger partial charge in [0.15, 0.2) is 0 Å². The van der Waals surface area contributed by atoms with E-state index in [0.29, 0.717) is 26.1 Å². The monoisotopic (exact) mass is 146 g/mol. The van der Waals surface area contributed by atoms with Crippen LogP contribution in [0.15, 0.2) is 0 Å². The number of ether oxygens (including phenoxy) is 1. The van der Waals surface area contributed by atoms with Crippen molar-refractivity contribution in [2.75, 3.05) is 26.8 Å². The Morgan fingerprint density at radius 3 is 2.90 bits per heavy atom. The molecule has 3 N–H and O–H groups in total. The van der Waals surface area contributed by atoms with Crippen molar-refractivity contribution in [2.24, 2.45) is 5.73 Å². The van der Waals surface area contributed by atoms with Gasteiger partial charge in [0.25, 0.3) is 0 Å². The SMILES string of the molecule is COCCNC(=O)CCN. The van der Waals surface area contributed by atoms with Crippen molar-refractivity contribution >= 4 is 5.91 Å². The van der Waals surface area contributed by atoms with Crippen molar-refractivity contribution in [3.8, 4) is 0 Å². The summed E-state index contributed by atoms with van der Waals surface area (Å²) in [6.07, 6.45) is 0.393. The lowest BCUT2D eigenvalue weighted by Crippen LogP contribution is -2.28. The fourth-order valence-electron chi connectivity index (χ4n) is 0.512. The molecule has 0 bridgehead atoms. The van der Waals surface area contributed by atoms with Crippen LogP contribution in [0.5, 0.6) is 0 Å². The number of rotatable bonds is 5. The van der Waals surface area contributed by atoms with Crippen LogP contribution in [0.25, 0.3) is 0 Å². The van der Waals surface area contributed by atoms with Crippen LogP contribution in [0.4, 0.5) is 0 Å². The van der Waals surface area contributed by atoms with Crippen LogP contribution in [0.1, 0.15) is 6.42 Å². The van der Waals surface area contributed by atoms with Gasteiger partial charge in [0.1, 0.15) is 0 Å². The molecule has 0 radical (unpaired) electrons. The second-order valence-corrected chi connectivity index (χ2v) is 1.88. The van der Waals surface area contributed by atoms with E-state index in [1.807, 2.05) is 0 Å². The van der Waals surface area contributed by atoms with Gasteiger partial charge in [-0.3, -0.25) is 4.79 Å². The first-order valence-electron chi connectivity index (χ1n) is 3.27. The van der Waals surface area contributed by atoms with E-state index < -0.39 is 0 Å². The Morgan fingerprint density at radius 2 is 2.40 bits per heavy atom. The van der Waals surface area contributed by atoms with E-state index in [4.69, 9.17) is 10.5 Å². The lowest BCUT2D eigenvalue weighted by molar-refractivity contribution is -0.121. The van der Waals surface area contributed by atoms with Gasteiger partial charge < -0.3 is 15.8 Å². The quantitative estimate of drug-likeness (QED) is 0.494. The molecule has 0 spiro atoms. The molecule has 0 aromatic carbocycles. The van der Waals surface area contributed by atoms with E-state index in [-0.39, 0.29) is 5.91 Å². The summed E-state index contributed by atoms with van der Waals surface area (Å²) in [7, 11) is 1.59. The van der Waals surface area contributed by atoms with Gasteiger partial charge in [-0.1, -0.05) is 0 Å². The first-order valence-corrected chi connectivity index (χ1v) is 3.27. The molecule has 0 saturated heterocycles. The van der Waals surface area contributed by atoms with E-state index in [1.165, 1.54) is 0 Å². The molecule has 0 rings (SSSR count). The summed E-state index contributed by atoms with van der Waals surface area (Å²) < 4.78 is 4.72. The van der Waals surface area contributed by atoms with E-state index in [2.05, 4.69) is 5.32 Å². The molecule has 0 unspecified atom stereocenters. The molecule has 10 heavy (non-hydrogen) atoms. The van der Waals surface area contributed by atoms with Crippen LogP contribution in [-0.2, 0) is 9.53 Å². The summed E-state index contributed by atoms with van der Waals surface area (Å²) in [6.45, 7) is 1.52. The maximum absolute atomic E-state index is 10.7. The third kappa shape index (κ3) is 5.53. The third-order valence-corrected chi connectivity index (χ3v) is 1.000. The first-order chi connectivity index (χ1) is 4.81. The zero-order chi connectivity index (χ0) is 7.82. The van der Waals surface area contributed by atoms with Gasteiger partial charge in [-0.15, -0.1) is 0 Å². The summed E-state index contributed by atoms with van der Waals surface area (Å²) in [6, 6.07) is 0. The number of methoxy groups -OCH3 is 1. The Hall–Kier alpha value is -0.610. The number of nitrogens with one attached hydrogen (secondary N) is 1. The molecular formula is C6H14N2O2. The van der Waals surface area contributed by atoms with Gasteiger partial charge in [0.2, 0.25) is 5.91 Å². The lowest BCUT2D eigenvalue weighted by Gasteiger charge is -2.01. The van der Waals surface area contributed by atoms with Crippen LogP contribution in [0, 0.1) is 0 Å². The average molecular weight is 146 g/mol. The number of hydrogen-bond acceptors (Lipinski definition) is 3. The summed E-state index contributed by atoms with van der Waals surface area (Å²) in [4.78, 5) is 10.7. The van der Waals surface area contributed by atoms with Crippen molar-refractivity contribution in [1.29, 1.82) is 0 Å². The highest BCUT2D eigenvalue weighted by molar-refractivity contribution is 5.75. The molecule has 1 amide bonds. The van der Waals surface area contributed by atoms with E-state index in [1.54, 1.807) is 7.11 Å². The second-order valence-electron chi connectivity index (χ2n) is 1.88. The lowest BCUT2D eigenvalue weighted by atomic mass is 10.4. The molecule has 60 valence electrons. The fraction of sp³-hybridized carbons (Fsp3) is 0.833. The maximum atomic E-state index is 10.7. The number of carbonyl (C=O) groups is 1. The van der Waals surface area contributed by atoms with Gasteiger partial charge in [-0.2, -0.15) is 0 Å². The molecule has 0 heterocycles. The molecule has 0 fully saturated rings. The summed E-state index contributed by atoms with van der Waals surface area (Å²) >= 11 is 0. The smallest absolute Gasteiger partial charge is 0.221 e. The Morgan fingerprint density at radius 1 is 1.70 bits per heavy atom. The average Bonchev–Trinajstić information content (AvgIpc) is 1.89.